The Balaban J connectivity index is 0.000000479. The number of nitrogens with one attached hydrogen (secondary N) is 2. The van der Waals surface area contributed by atoms with E-state index < -0.39 is 35.1 Å². The number of anilines is 2. The van der Waals surface area contributed by atoms with Gasteiger partial charge in [-0.2, -0.15) is 18.2 Å². The number of hydrogen-bond acceptors (Lipinski definition) is 8. The fourth-order valence-corrected chi connectivity index (χ4v) is 2.82. The zero-order valence-electron chi connectivity index (χ0n) is 17.2. The van der Waals surface area contributed by atoms with Crippen molar-refractivity contribution < 1.29 is 41.4 Å². The Morgan fingerprint density at radius 2 is 1.85 bits per heavy atom. The predicted octanol–water partition coefficient (Wildman–Crippen LogP) is 2.37. The Hall–Kier alpha value is -3.55. The van der Waals surface area contributed by atoms with Crippen LogP contribution in [0.2, 0.25) is 0 Å². The highest BCUT2D eigenvalue weighted by molar-refractivity contribution is 6.12. The van der Waals surface area contributed by atoms with Gasteiger partial charge < -0.3 is 26.2 Å². The first-order valence-electron chi connectivity index (χ1n) is 9.42. The molecule has 0 aliphatic carbocycles. The highest BCUT2D eigenvalue weighted by Crippen LogP contribution is 2.26. The minimum absolute atomic E-state index is 0.150. The average Bonchev–Trinajstić information content (AvgIpc) is 2.74. The molecule has 2 aromatic rings. The number of piperidine rings is 1. The standard InChI is InChI=1S/C17H19F2N5O2.C2HF3O2/c1-26-12-3-2-11(18)13(14(12)19)15(25)10-8-22-17(24-16(10)20)23-9-4-6-21-7-5-9;3-2(4,5)1(6)7/h2-3,8-9,21H,4-7H2,1H3,(H3,20,22,23,24);(H,6,7). The maximum absolute atomic E-state index is 14.3. The molecule has 0 atom stereocenters. The Bertz CT molecular complexity index is 1010. The van der Waals surface area contributed by atoms with Crippen molar-refractivity contribution in [2.75, 3.05) is 31.2 Å². The van der Waals surface area contributed by atoms with Crippen LogP contribution in [0.1, 0.15) is 28.8 Å². The van der Waals surface area contributed by atoms with Gasteiger partial charge in [0.05, 0.1) is 18.2 Å². The number of aromatic nitrogens is 2. The summed E-state index contributed by atoms with van der Waals surface area (Å²) in [5, 5.41) is 13.5. The van der Waals surface area contributed by atoms with Gasteiger partial charge in [0.25, 0.3) is 0 Å². The molecule has 0 unspecified atom stereocenters. The van der Waals surface area contributed by atoms with E-state index >= 15 is 0 Å². The van der Waals surface area contributed by atoms with Gasteiger partial charge in [-0.25, -0.2) is 18.6 Å². The first kappa shape index (κ1) is 25.7. The molecule has 14 heteroatoms. The second-order valence-electron chi connectivity index (χ2n) is 6.73. The van der Waals surface area contributed by atoms with Crippen LogP contribution in [0, 0.1) is 11.6 Å². The molecule has 2 heterocycles. The summed E-state index contributed by atoms with van der Waals surface area (Å²) in [7, 11) is 1.23. The van der Waals surface area contributed by atoms with E-state index in [0.29, 0.717) is 0 Å². The van der Waals surface area contributed by atoms with Gasteiger partial charge in [-0.1, -0.05) is 0 Å². The fraction of sp³-hybridized carbons (Fsp3) is 0.368. The second kappa shape index (κ2) is 10.8. The number of benzene rings is 1. The summed E-state index contributed by atoms with van der Waals surface area (Å²) < 4.78 is 64.8. The number of carbonyl (C=O) groups is 2. The molecule has 0 radical (unpaired) electrons. The molecule has 1 saturated heterocycles. The number of nitrogens with zero attached hydrogens (tertiary/aromatic N) is 2. The first-order valence-corrected chi connectivity index (χ1v) is 9.42. The molecule has 5 N–H and O–H groups in total. The van der Waals surface area contributed by atoms with Crippen molar-refractivity contribution in [3.05, 3.63) is 41.1 Å². The van der Waals surface area contributed by atoms with Crippen LogP contribution >= 0.6 is 0 Å². The lowest BCUT2D eigenvalue weighted by Crippen LogP contribution is -2.35. The number of ether oxygens (including phenoxy) is 1. The number of hydrogen-bond donors (Lipinski definition) is 4. The van der Waals surface area contributed by atoms with Crippen LogP contribution in [-0.4, -0.2) is 59.2 Å². The number of rotatable bonds is 5. The summed E-state index contributed by atoms with van der Waals surface area (Å²) in [6.07, 6.45) is -2.10. The lowest BCUT2D eigenvalue weighted by molar-refractivity contribution is -0.192. The number of methoxy groups -OCH3 is 1. The van der Waals surface area contributed by atoms with E-state index in [1.54, 1.807) is 0 Å². The van der Waals surface area contributed by atoms with Crippen molar-refractivity contribution in [1.29, 1.82) is 0 Å². The van der Waals surface area contributed by atoms with Crippen molar-refractivity contribution >= 4 is 23.5 Å². The van der Waals surface area contributed by atoms with Gasteiger partial charge in [-0.3, -0.25) is 4.79 Å². The molecule has 1 fully saturated rings. The Kier molecular flexibility index (Phi) is 8.45. The van der Waals surface area contributed by atoms with E-state index in [2.05, 4.69) is 20.6 Å². The molecule has 0 saturated carbocycles. The van der Waals surface area contributed by atoms with Crippen LogP contribution in [-0.2, 0) is 4.79 Å². The van der Waals surface area contributed by atoms with E-state index in [-0.39, 0.29) is 29.1 Å². The van der Waals surface area contributed by atoms with Gasteiger partial charge in [0.15, 0.2) is 11.6 Å². The van der Waals surface area contributed by atoms with Crippen molar-refractivity contribution in [1.82, 2.24) is 15.3 Å². The van der Waals surface area contributed by atoms with E-state index in [1.165, 1.54) is 13.3 Å². The van der Waals surface area contributed by atoms with Crippen LogP contribution in [0.3, 0.4) is 0 Å². The quantitative estimate of drug-likeness (QED) is 0.378. The minimum atomic E-state index is -5.08. The van der Waals surface area contributed by atoms with Crippen molar-refractivity contribution in [3.8, 4) is 5.75 Å². The fourth-order valence-electron chi connectivity index (χ4n) is 2.82. The molecule has 33 heavy (non-hydrogen) atoms. The summed E-state index contributed by atoms with van der Waals surface area (Å²) in [6, 6.07) is 2.26. The maximum atomic E-state index is 14.3. The average molecular weight is 477 g/mol. The lowest BCUT2D eigenvalue weighted by atomic mass is 10.0. The summed E-state index contributed by atoms with van der Waals surface area (Å²) in [4.78, 5) is 29.6. The molecule has 0 bridgehead atoms. The number of carbonyl (C=O) groups excluding carboxylic acids is 1. The molecule has 1 aromatic carbocycles. The van der Waals surface area contributed by atoms with Crippen LogP contribution in [0.5, 0.6) is 5.75 Å². The van der Waals surface area contributed by atoms with Crippen molar-refractivity contribution in [2.24, 2.45) is 0 Å². The Morgan fingerprint density at radius 1 is 1.24 bits per heavy atom. The monoisotopic (exact) mass is 477 g/mol. The van der Waals surface area contributed by atoms with Gasteiger partial charge in [-0.15, -0.1) is 0 Å². The number of ketones is 1. The SMILES string of the molecule is COc1ccc(F)c(C(=O)c2cnc(NC3CCNCC3)nc2N)c1F.O=C(O)C(F)(F)F. The van der Waals surface area contributed by atoms with E-state index in [9.17, 15) is 26.7 Å². The number of carboxylic acid groups (broad SMARTS) is 1. The molecule has 3 rings (SSSR count). The summed E-state index contributed by atoms with van der Waals surface area (Å²) in [6.45, 7) is 1.77. The molecule has 1 aliphatic rings. The summed E-state index contributed by atoms with van der Waals surface area (Å²) in [5.74, 6) is -5.91. The highest BCUT2D eigenvalue weighted by Gasteiger charge is 2.38. The summed E-state index contributed by atoms with van der Waals surface area (Å²) >= 11 is 0. The predicted molar refractivity (Wildman–Crippen MR) is 106 cm³/mol. The molecule has 1 aliphatic heterocycles. The molecule has 1 aromatic heterocycles. The number of alkyl halides is 3. The number of carboxylic acids is 1. The van der Waals surface area contributed by atoms with Gasteiger partial charge in [-0.05, 0) is 38.1 Å². The lowest BCUT2D eigenvalue weighted by Gasteiger charge is -2.23. The normalized spacial score (nSPS) is 14.1. The van der Waals surface area contributed by atoms with Gasteiger partial charge in [0.1, 0.15) is 11.6 Å². The highest BCUT2D eigenvalue weighted by atomic mass is 19.4. The van der Waals surface area contributed by atoms with Crippen LogP contribution in [0.4, 0.5) is 33.7 Å². The maximum Gasteiger partial charge on any atom is 0.490 e. The van der Waals surface area contributed by atoms with Gasteiger partial charge >= 0.3 is 12.1 Å². The number of nitrogen functional groups attached to an aromatic ring is 1. The van der Waals surface area contributed by atoms with Crippen LogP contribution in [0.25, 0.3) is 0 Å². The number of nitrogens with two attached hydrogens (primary N) is 1. The molecular weight excluding hydrogens is 457 g/mol. The third-order valence-corrected chi connectivity index (χ3v) is 4.48. The number of aliphatic carboxylic acids is 1. The molecule has 0 spiro atoms. The molecule has 0 amide bonds. The first-order chi connectivity index (χ1) is 15.5. The topological polar surface area (TPSA) is 139 Å². The largest absolute Gasteiger partial charge is 0.494 e. The third kappa shape index (κ3) is 6.71. The Labute approximate surface area is 184 Å². The minimum Gasteiger partial charge on any atom is -0.494 e. The molecular formula is C19H20F5N5O4. The van der Waals surface area contributed by atoms with E-state index in [1.807, 2.05) is 0 Å². The number of halogens is 5. The third-order valence-electron chi connectivity index (χ3n) is 4.48. The van der Waals surface area contributed by atoms with Gasteiger partial charge in [0, 0.05) is 12.2 Å². The second-order valence-corrected chi connectivity index (χ2v) is 6.73. The van der Waals surface area contributed by atoms with Crippen molar-refractivity contribution in [3.63, 3.8) is 0 Å². The van der Waals surface area contributed by atoms with Crippen LogP contribution < -0.4 is 21.1 Å². The zero-order chi connectivity index (χ0) is 24.8. The van der Waals surface area contributed by atoms with E-state index in [4.69, 9.17) is 20.4 Å². The molecule has 9 nitrogen and oxygen atoms in total. The molecule has 180 valence electrons. The van der Waals surface area contributed by atoms with Gasteiger partial charge in [0.2, 0.25) is 11.7 Å². The smallest absolute Gasteiger partial charge is 0.490 e. The summed E-state index contributed by atoms with van der Waals surface area (Å²) in [5.41, 5.74) is 4.91. The zero-order valence-corrected chi connectivity index (χ0v) is 17.2. The van der Waals surface area contributed by atoms with Crippen molar-refractivity contribution in [2.45, 2.75) is 25.1 Å². The Morgan fingerprint density at radius 3 is 2.36 bits per heavy atom. The van der Waals surface area contributed by atoms with Crippen LogP contribution in [0.15, 0.2) is 18.3 Å². The van der Waals surface area contributed by atoms with E-state index in [0.717, 1.165) is 38.1 Å².